The summed E-state index contributed by atoms with van der Waals surface area (Å²) in [6.07, 6.45) is 2.88. The van der Waals surface area contributed by atoms with Crippen molar-refractivity contribution in [2.75, 3.05) is 11.5 Å². The Kier molecular flexibility index (Phi) is 4.42. The minimum absolute atomic E-state index is 0.444. The average Bonchev–Trinajstić information content (AvgIpc) is 2.16. The fraction of sp³-hybridized carbons (Fsp3) is 0.889. The lowest BCUT2D eigenvalue weighted by atomic mass is 10.2. The van der Waals surface area contributed by atoms with Gasteiger partial charge in [0.1, 0.15) is 0 Å². The van der Waals surface area contributed by atoms with Crippen LogP contribution in [0.1, 0.15) is 33.1 Å². The highest BCUT2D eigenvalue weighted by atomic mass is 32.2. The van der Waals surface area contributed by atoms with E-state index < -0.39 is 10.8 Å². The molecule has 1 rings (SSSR count). The molecule has 0 aliphatic carbocycles. The first-order valence-electron chi connectivity index (χ1n) is 4.88. The van der Waals surface area contributed by atoms with Crippen molar-refractivity contribution in [2.24, 2.45) is 5.10 Å². The molecule has 0 bridgehead atoms. The summed E-state index contributed by atoms with van der Waals surface area (Å²) in [7, 11) is -0.586. The molecule has 0 saturated carbocycles. The summed E-state index contributed by atoms with van der Waals surface area (Å²) >= 11 is 0. The molecule has 1 saturated heterocycles. The molecule has 0 aromatic heterocycles. The molecule has 0 amide bonds. The Labute approximate surface area is 82.4 Å². The molecule has 1 unspecified atom stereocenters. The SMILES string of the molecule is CCC(C)NN=C1CCS(=O)CC1. The molecule has 13 heavy (non-hydrogen) atoms. The highest BCUT2D eigenvalue weighted by molar-refractivity contribution is 7.85. The zero-order chi connectivity index (χ0) is 9.68. The lowest BCUT2D eigenvalue weighted by Gasteiger charge is -2.14. The van der Waals surface area contributed by atoms with Crippen molar-refractivity contribution in [3.05, 3.63) is 0 Å². The van der Waals surface area contributed by atoms with E-state index >= 15 is 0 Å². The standard InChI is InChI=1S/C9H18N2OS/c1-3-8(2)10-11-9-4-6-13(12)7-5-9/h8,10H,3-7H2,1-2H3. The topological polar surface area (TPSA) is 41.5 Å². The molecule has 0 aromatic carbocycles. The highest BCUT2D eigenvalue weighted by Crippen LogP contribution is 2.05. The van der Waals surface area contributed by atoms with Crippen LogP contribution in [0.15, 0.2) is 5.10 Å². The Morgan fingerprint density at radius 1 is 1.54 bits per heavy atom. The fourth-order valence-electron chi connectivity index (χ4n) is 1.09. The van der Waals surface area contributed by atoms with Crippen LogP contribution in [0.3, 0.4) is 0 Å². The third kappa shape index (κ3) is 3.89. The predicted octanol–water partition coefficient (Wildman–Crippen LogP) is 1.27. The predicted molar refractivity (Wildman–Crippen MR) is 57.4 cm³/mol. The number of nitrogens with one attached hydrogen (secondary N) is 1. The maximum Gasteiger partial charge on any atom is 0.0409 e. The van der Waals surface area contributed by atoms with Crippen molar-refractivity contribution in [1.29, 1.82) is 0 Å². The van der Waals surface area contributed by atoms with Crippen LogP contribution in [0.25, 0.3) is 0 Å². The van der Waals surface area contributed by atoms with Crippen LogP contribution in [-0.2, 0) is 10.8 Å². The van der Waals surface area contributed by atoms with Gasteiger partial charge in [-0.3, -0.25) is 4.21 Å². The Hall–Kier alpha value is -0.380. The Balaban J connectivity index is 2.31. The van der Waals surface area contributed by atoms with Gasteiger partial charge in [0.25, 0.3) is 0 Å². The van der Waals surface area contributed by atoms with Crippen LogP contribution in [0.5, 0.6) is 0 Å². The van der Waals surface area contributed by atoms with Gasteiger partial charge < -0.3 is 5.43 Å². The molecule has 1 N–H and O–H groups in total. The van der Waals surface area contributed by atoms with Gasteiger partial charge in [0.05, 0.1) is 0 Å². The fourth-order valence-corrected chi connectivity index (χ4v) is 2.23. The molecule has 1 aliphatic rings. The normalized spacial score (nSPS) is 25.4. The summed E-state index contributed by atoms with van der Waals surface area (Å²) in [6.45, 7) is 4.25. The van der Waals surface area contributed by atoms with Crippen LogP contribution < -0.4 is 5.43 Å². The maximum atomic E-state index is 11.0. The summed E-state index contributed by atoms with van der Waals surface area (Å²) in [4.78, 5) is 0. The zero-order valence-corrected chi connectivity index (χ0v) is 9.19. The smallest absolute Gasteiger partial charge is 0.0409 e. The summed E-state index contributed by atoms with van der Waals surface area (Å²) in [5.41, 5.74) is 4.29. The van der Waals surface area contributed by atoms with Gasteiger partial charge in [-0.2, -0.15) is 5.10 Å². The average molecular weight is 202 g/mol. The van der Waals surface area contributed by atoms with E-state index in [0.29, 0.717) is 6.04 Å². The van der Waals surface area contributed by atoms with Crippen molar-refractivity contribution in [3.63, 3.8) is 0 Å². The molecule has 1 atom stereocenters. The van der Waals surface area contributed by atoms with Crippen LogP contribution in [0.2, 0.25) is 0 Å². The van der Waals surface area contributed by atoms with E-state index in [1.807, 2.05) is 0 Å². The Bertz CT molecular complexity index is 204. The monoisotopic (exact) mass is 202 g/mol. The van der Waals surface area contributed by atoms with Gasteiger partial charge in [-0.1, -0.05) is 6.92 Å². The van der Waals surface area contributed by atoms with E-state index in [2.05, 4.69) is 24.4 Å². The summed E-state index contributed by atoms with van der Waals surface area (Å²) in [5.74, 6) is 1.59. The van der Waals surface area contributed by atoms with Gasteiger partial charge in [-0.05, 0) is 26.2 Å². The second kappa shape index (κ2) is 5.37. The number of rotatable bonds is 3. The molecule has 0 radical (unpaired) electrons. The van der Waals surface area contributed by atoms with Crippen molar-refractivity contribution < 1.29 is 4.21 Å². The number of nitrogens with zero attached hydrogens (tertiary/aromatic N) is 1. The molecule has 4 heteroatoms. The van der Waals surface area contributed by atoms with Crippen molar-refractivity contribution in [1.82, 2.24) is 5.43 Å². The maximum absolute atomic E-state index is 11.0. The van der Waals surface area contributed by atoms with Crippen LogP contribution in [0, 0.1) is 0 Å². The number of hydrogen-bond donors (Lipinski definition) is 1. The van der Waals surface area contributed by atoms with Gasteiger partial charge in [0.15, 0.2) is 0 Å². The van der Waals surface area contributed by atoms with Crippen LogP contribution in [-0.4, -0.2) is 27.5 Å². The minimum Gasteiger partial charge on any atom is -0.307 e. The van der Waals surface area contributed by atoms with Gasteiger partial charge >= 0.3 is 0 Å². The van der Waals surface area contributed by atoms with E-state index in [9.17, 15) is 4.21 Å². The Morgan fingerprint density at radius 2 is 2.15 bits per heavy atom. The molecule has 3 nitrogen and oxygen atoms in total. The molecule has 76 valence electrons. The van der Waals surface area contributed by atoms with Gasteiger partial charge in [-0.15, -0.1) is 0 Å². The Morgan fingerprint density at radius 3 is 2.69 bits per heavy atom. The van der Waals surface area contributed by atoms with Crippen LogP contribution >= 0.6 is 0 Å². The second-order valence-electron chi connectivity index (χ2n) is 3.46. The van der Waals surface area contributed by atoms with Crippen LogP contribution in [0.4, 0.5) is 0 Å². The largest absolute Gasteiger partial charge is 0.307 e. The van der Waals surface area contributed by atoms with Gasteiger partial charge in [0.2, 0.25) is 0 Å². The summed E-state index contributed by atoms with van der Waals surface area (Å²) < 4.78 is 11.0. The molecule has 1 aliphatic heterocycles. The molecule has 0 spiro atoms. The lowest BCUT2D eigenvalue weighted by Crippen LogP contribution is -2.25. The molecule has 0 aromatic rings. The third-order valence-corrected chi connectivity index (χ3v) is 3.61. The van der Waals surface area contributed by atoms with E-state index in [1.165, 1.54) is 5.71 Å². The first-order chi connectivity index (χ1) is 6.22. The summed E-state index contributed by atoms with van der Waals surface area (Å²) in [6, 6.07) is 0.444. The second-order valence-corrected chi connectivity index (χ2v) is 5.16. The number of hydrazone groups is 1. The van der Waals surface area contributed by atoms with Crippen molar-refractivity contribution >= 4 is 16.5 Å². The molecule has 1 fully saturated rings. The van der Waals surface area contributed by atoms with Crippen molar-refractivity contribution in [3.8, 4) is 0 Å². The number of hydrogen-bond acceptors (Lipinski definition) is 3. The van der Waals surface area contributed by atoms with Gasteiger partial charge in [0, 0.05) is 34.1 Å². The quantitative estimate of drug-likeness (QED) is 0.700. The summed E-state index contributed by atoms with van der Waals surface area (Å²) in [5, 5.41) is 4.32. The minimum atomic E-state index is -0.586. The third-order valence-electron chi connectivity index (χ3n) is 2.29. The first kappa shape index (κ1) is 10.7. The van der Waals surface area contributed by atoms with E-state index in [4.69, 9.17) is 0 Å². The van der Waals surface area contributed by atoms with E-state index in [-0.39, 0.29) is 0 Å². The van der Waals surface area contributed by atoms with Crippen molar-refractivity contribution in [2.45, 2.75) is 39.2 Å². The first-order valence-corrected chi connectivity index (χ1v) is 6.37. The zero-order valence-electron chi connectivity index (χ0n) is 8.38. The molecular formula is C9H18N2OS. The molecule has 1 heterocycles. The van der Waals surface area contributed by atoms with E-state index in [1.54, 1.807) is 0 Å². The lowest BCUT2D eigenvalue weighted by molar-refractivity contribution is 0.555. The van der Waals surface area contributed by atoms with E-state index in [0.717, 1.165) is 30.8 Å². The van der Waals surface area contributed by atoms with Gasteiger partial charge in [-0.25, -0.2) is 0 Å². The molecular weight excluding hydrogens is 184 g/mol. The highest BCUT2D eigenvalue weighted by Gasteiger charge is 2.12.